The number of morpholine rings is 1. The summed E-state index contributed by atoms with van der Waals surface area (Å²) in [6.45, 7) is 4.36. The molecule has 4 rings (SSSR count). The van der Waals surface area contributed by atoms with Gasteiger partial charge in [0.1, 0.15) is 5.52 Å². The SMILES string of the molecule is COC(=O)c1cc(N2CCOCC2)cc2c1nc(C(F)F)n2Cc1cccc(Cl)c1C. The lowest BCUT2D eigenvalue weighted by molar-refractivity contribution is 0.0602. The number of esters is 1. The summed E-state index contributed by atoms with van der Waals surface area (Å²) in [5, 5.41) is 0.560. The molecule has 0 aliphatic carbocycles. The first kappa shape index (κ1) is 21.5. The van der Waals surface area contributed by atoms with Crippen molar-refractivity contribution < 1.29 is 23.0 Å². The number of ether oxygens (including phenoxy) is 2. The summed E-state index contributed by atoms with van der Waals surface area (Å²) in [6.07, 6.45) is -2.82. The number of fused-ring (bicyclic) bond motifs is 1. The van der Waals surface area contributed by atoms with Gasteiger partial charge in [0.15, 0.2) is 5.82 Å². The molecule has 0 spiro atoms. The number of methoxy groups -OCH3 is 1. The molecule has 0 radical (unpaired) electrons. The van der Waals surface area contributed by atoms with Gasteiger partial charge in [0.05, 0.1) is 31.4 Å². The number of halogens is 3. The molecule has 2 heterocycles. The van der Waals surface area contributed by atoms with Gasteiger partial charge in [-0.1, -0.05) is 23.7 Å². The molecule has 0 bridgehead atoms. The number of carbonyl (C=O) groups excluding carboxylic acids is 1. The van der Waals surface area contributed by atoms with Gasteiger partial charge >= 0.3 is 5.97 Å². The Balaban J connectivity index is 1.93. The number of anilines is 1. The van der Waals surface area contributed by atoms with Gasteiger partial charge in [-0.3, -0.25) is 0 Å². The monoisotopic (exact) mass is 449 g/mol. The first-order chi connectivity index (χ1) is 14.9. The Morgan fingerprint density at radius 2 is 2.03 bits per heavy atom. The highest BCUT2D eigenvalue weighted by Gasteiger charge is 2.26. The average Bonchev–Trinajstić information content (AvgIpc) is 3.15. The molecule has 0 N–H and O–H groups in total. The topological polar surface area (TPSA) is 56.6 Å². The second-order valence-electron chi connectivity index (χ2n) is 7.33. The molecule has 1 aliphatic rings. The number of hydrogen-bond acceptors (Lipinski definition) is 5. The normalized spacial score (nSPS) is 14.5. The average molecular weight is 450 g/mol. The molecule has 0 atom stereocenters. The highest BCUT2D eigenvalue weighted by atomic mass is 35.5. The summed E-state index contributed by atoms with van der Waals surface area (Å²) in [4.78, 5) is 18.7. The zero-order valence-electron chi connectivity index (χ0n) is 17.2. The number of nitrogens with zero attached hydrogens (tertiary/aromatic N) is 3. The maximum atomic E-state index is 14.0. The number of rotatable bonds is 5. The van der Waals surface area contributed by atoms with Crippen LogP contribution in [0.1, 0.15) is 33.7 Å². The molecule has 0 saturated carbocycles. The number of hydrogen-bond donors (Lipinski definition) is 0. The van der Waals surface area contributed by atoms with Crippen LogP contribution >= 0.6 is 11.6 Å². The van der Waals surface area contributed by atoms with Crippen molar-refractivity contribution in [3.63, 3.8) is 0 Å². The van der Waals surface area contributed by atoms with Crippen molar-refractivity contribution in [2.24, 2.45) is 0 Å². The maximum absolute atomic E-state index is 14.0. The van der Waals surface area contributed by atoms with E-state index >= 15 is 0 Å². The van der Waals surface area contributed by atoms with Gasteiger partial charge in [0.2, 0.25) is 0 Å². The van der Waals surface area contributed by atoms with E-state index in [0.717, 1.165) is 16.8 Å². The lowest BCUT2D eigenvalue weighted by atomic mass is 10.1. The summed E-state index contributed by atoms with van der Waals surface area (Å²) < 4.78 is 39.7. The number of alkyl halides is 2. The fraction of sp³-hybridized carbons (Fsp3) is 0.364. The predicted molar refractivity (Wildman–Crippen MR) is 114 cm³/mol. The fourth-order valence-corrected chi connectivity index (χ4v) is 4.02. The molecule has 1 fully saturated rings. The number of aromatic nitrogens is 2. The van der Waals surface area contributed by atoms with Gasteiger partial charge in [-0.05, 0) is 36.2 Å². The Hall–Kier alpha value is -2.71. The number of carbonyl (C=O) groups is 1. The Kier molecular flexibility index (Phi) is 6.11. The molecule has 0 unspecified atom stereocenters. The van der Waals surface area contributed by atoms with Crippen LogP contribution in [-0.2, 0) is 16.0 Å². The standard InChI is InChI=1S/C22H22ClF2N3O3/c1-13-14(4-3-5-17(13)23)12-28-18-11-15(27-6-8-31-9-7-27)10-16(22(29)30-2)19(18)26-21(28)20(24)25/h3-5,10-11,20H,6-9,12H2,1-2H3. The van der Waals surface area contributed by atoms with Crippen LogP contribution in [0.2, 0.25) is 5.02 Å². The van der Waals surface area contributed by atoms with Crippen LogP contribution in [0.4, 0.5) is 14.5 Å². The summed E-state index contributed by atoms with van der Waals surface area (Å²) in [5.41, 5.74) is 3.14. The van der Waals surface area contributed by atoms with E-state index in [2.05, 4.69) is 9.88 Å². The molecule has 9 heteroatoms. The zero-order chi connectivity index (χ0) is 22.1. The van der Waals surface area contributed by atoms with E-state index in [1.165, 1.54) is 11.7 Å². The van der Waals surface area contributed by atoms with Gasteiger partial charge in [-0.2, -0.15) is 0 Å². The van der Waals surface area contributed by atoms with E-state index in [1.807, 2.05) is 13.0 Å². The van der Waals surface area contributed by atoms with Crippen molar-refractivity contribution in [3.8, 4) is 0 Å². The molecule has 1 aliphatic heterocycles. The minimum atomic E-state index is -2.82. The smallest absolute Gasteiger partial charge is 0.340 e. The molecular weight excluding hydrogens is 428 g/mol. The molecule has 1 saturated heterocycles. The van der Waals surface area contributed by atoms with E-state index in [4.69, 9.17) is 21.1 Å². The minimum absolute atomic E-state index is 0.149. The van der Waals surface area contributed by atoms with Crippen LogP contribution in [0.5, 0.6) is 0 Å². The summed E-state index contributed by atoms with van der Waals surface area (Å²) in [6, 6.07) is 8.83. The maximum Gasteiger partial charge on any atom is 0.340 e. The summed E-state index contributed by atoms with van der Waals surface area (Å²) in [7, 11) is 1.26. The van der Waals surface area contributed by atoms with Crippen LogP contribution in [0.3, 0.4) is 0 Å². The largest absolute Gasteiger partial charge is 0.465 e. The van der Waals surface area contributed by atoms with E-state index in [-0.39, 0.29) is 17.6 Å². The lowest BCUT2D eigenvalue weighted by Crippen LogP contribution is -2.36. The molecule has 164 valence electrons. The zero-order valence-corrected chi connectivity index (χ0v) is 18.0. The second-order valence-corrected chi connectivity index (χ2v) is 7.74. The number of imidazole rings is 1. The molecular formula is C22H22ClF2N3O3. The van der Waals surface area contributed by atoms with Crippen molar-refractivity contribution in [1.29, 1.82) is 0 Å². The van der Waals surface area contributed by atoms with E-state index in [1.54, 1.807) is 24.3 Å². The van der Waals surface area contributed by atoms with E-state index < -0.39 is 18.2 Å². The Morgan fingerprint density at radius 3 is 2.71 bits per heavy atom. The predicted octanol–water partition coefficient (Wildman–Crippen LogP) is 4.61. The Morgan fingerprint density at radius 1 is 1.29 bits per heavy atom. The van der Waals surface area contributed by atoms with Gasteiger partial charge in [-0.25, -0.2) is 18.6 Å². The number of benzene rings is 2. The molecule has 3 aromatic rings. The Labute approximate surface area is 183 Å². The van der Waals surface area contributed by atoms with Crippen LogP contribution in [-0.4, -0.2) is 48.9 Å². The summed E-state index contributed by atoms with van der Waals surface area (Å²) in [5.74, 6) is -1.02. The lowest BCUT2D eigenvalue weighted by Gasteiger charge is -2.29. The van der Waals surface area contributed by atoms with Gasteiger partial charge in [0.25, 0.3) is 6.43 Å². The third-order valence-corrected chi connectivity index (χ3v) is 5.96. The van der Waals surface area contributed by atoms with E-state index in [0.29, 0.717) is 36.8 Å². The first-order valence-corrected chi connectivity index (χ1v) is 10.3. The van der Waals surface area contributed by atoms with Crippen molar-refractivity contribution >= 4 is 34.3 Å². The minimum Gasteiger partial charge on any atom is -0.465 e. The van der Waals surface area contributed by atoms with Crippen LogP contribution in [0.15, 0.2) is 30.3 Å². The molecule has 0 amide bonds. The van der Waals surface area contributed by atoms with E-state index in [9.17, 15) is 13.6 Å². The quantitative estimate of drug-likeness (QED) is 0.532. The third kappa shape index (κ3) is 4.09. The molecule has 2 aromatic carbocycles. The molecule has 31 heavy (non-hydrogen) atoms. The van der Waals surface area contributed by atoms with Gasteiger partial charge in [0, 0.05) is 30.3 Å². The van der Waals surface area contributed by atoms with Crippen LogP contribution in [0.25, 0.3) is 11.0 Å². The fourth-order valence-electron chi connectivity index (χ4n) is 3.82. The molecule has 6 nitrogen and oxygen atoms in total. The second kappa shape index (κ2) is 8.80. The third-order valence-electron chi connectivity index (χ3n) is 5.55. The van der Waals surface area contributed by atoms with Crippen molar-refractivity contribution in [2.45, 2.75) is 19.9 Å². The van der Waals surface area contributed by atoms with Crippen molar-refractivity contribution in [3.05, 3.63) is 57.9 Å². The van der Waals surface area contributed by atoms with Crippen molar-refractivity contribution in [2.75, 3.05) is 38.3 Å². The highest BCUT2D eigenvalue weighted by molar-refractivity contribution is 6.31. The first-order valence-electron chi connectivity index (χ1n) is 9.88. The van der Waals surface area contributed by atoms with Gasteiger partial charge in [-0.15, -0.1) is 0 Å². The Bertz CT molecular complexity index is 1130. The van der Waals surface area contributed by atoms with Crippen LogP contribution in [0, 0.1) is 6.92 Å². The van der Waals surface area contributed by atoms with Crippen molar-refractivity contribution in [1.82, 2.24) is 9.55 Å². The van der Waals surface area contributed by atoms with Gasteiger partial charge < -0.3 is 18.9 Å². The molecule has 1 aromatic heterocycles. The van der Waals surface area contributed by atoms with Crippen LogP contribution < -0.4 is 4.90 Å². The summed E-state index contributed by atoms with van der Waals surface area (Å²) >= 11 is 6.23. The highest BCUT2D eigenvalue weighted by Crippen LogP contribution is 2.32.